The third-order valence-electron chi connectivity index (χ3n) is 7.16. The lowest BCUT2D eigenvalue weighted by molar-refractivity contribution is -0.134. The zero-order valence-electron chi connectivity index (χ0n) is 21.2. The van der Waals surface area contributed by atoms with E-state index in [1.165, 1.54) is 7.11 Å². The first-order chi connectivity index (χ1) is 17.6. The molecule has 37 heavy (non-hydrogen) atoms. The third-order valence-corrected chi connectivity index (χ3v) is 7.90. The van der Waals surface area contributed by atoms with Gasteiger partial charge in [-0.15, -0.1) is 0 Å². The first-order valence-electron chi connectivity index (χ1n) is 12.4. The highest BCUT2D eigenvalue weighted by Gasteiger charge is 2.52. The molecule has 10 heteroatoms. The van der Waals surface area contributed by atoms with Crippen LogP contribution in [-0.4, -0.2) is 59.6 Å². The highest BCUT2D eigenvalue weighted by atomic mass is 35.5. The molecule has 0 saturated carbocycles. The molecule has 1 spiro atoms. The molecular weight excluding hydrogens is 515 g/mol. The van der Waals surface area contributed by atoms with Crippen LogP contribution < -0.4 is 10.6 Å². The highest BCUT2D eigenvalue weighted by molar-refractivity contribution is 6.42. The Kier molecular flexibility index (Phi) is 8.31. The number of rotatable bonds is 6. The van der Waals surface area contributed by atoms with E-state index >= 15 is 0 Å². The maximum Gasteiger partial charge on any atom is 0.337 e. The Bertz CT molecular complexity index is 1160. The number of piperidine rings is 1. The number of urea groups is 1. The number of carbonyl (C=O) groups is 3. The Morgan fingerprint density at radius 3 is 2.32 bits per heavy atom. The van der Waals surface area contributed by atoms with E-state index in [1.807, 2.05) is 36.9 Å². The number of hydrogen-bond acceptors (Lipinski definition) is 5. The van der Waals surface area contributed by atoms with Gasteiger partial charge in [0.15, 0.2) is 0 Å². The normalized spacial score (nSPS) is 19.0. The molecule has 8 nitrogen and oxygen atoms in total. The molecule has 2 aliphatic rings. The fourth-order valence-corrected chi connectivity index (χ4v) is 5.29. The van der Waals surface area contributed by atoms with Crippen LogP contribution in [0.2, 0.25) is 10.0 Å². The summed E-state index contributed by atoms with van der Waals surface area (Å²) < 4.78 is 4.78. The van der Waals surface area contributed by atoms with Gasteiger partial charge in [-0.25, -0.2) is 9.59 Å². The van der Waals surface area contributed by atoms with Gasteiger partial charge in [-0.2, -0.15) is 0 Å². The van der Waals surface area contributed by atoms with Gasteiger partial charge in [0.05, 0.1) is 34.4 Å². The van der Waals surface area contributed by atoms with Crippen LogP contribution >= 0.6 is 23.2 Å². The lowest BCUT2D eigenvalue weighted by Gasteiger charge is -2.44. The van der Waals surface area contributed by atoms with Gasteiger partial charge in [-0.3, -0.25) is 10.1 Å². The fraction of sp³-hybridized carbons (Fsp3) is 0.444. The molecule has 198 valence electrons. The van der Waals surface area contributed by atoms with Crippen LogP contribution in [0.3, 0.4) is 0 Å². The molecular formula is C27H32Cl2N4O4. The molecule has 2 aromatic carbocycles. The van der Waals surface area contributed by atoms with E-state index in [-0.39, 0.29) is 23.9 Å². The summed E-state index contributed by atoms with van der Waals surface area (Å²) in [7, 11) is 1.35. The van der Waals surface area contributed by atoms with E-state index < -0.39 is 11.6 Å². The zero-order valence-corrected chi connectivity index (χ0v) is 22.7. The zero-order chi connectivity index (χ0) is 26.7. The summed E-state index contributed by atoms with van der Waals surface area (Å²) in [6.45, 7) is 5.84. The molecule has 0 radical (unpaired) electrons. The predicted molar refractivity (Wildman–Crippen MR) is 142 cm³/mol. The Hall–Kier alpha value is -2.81. The molecule has 2 saturated heterocycles. The number of benzene rings is 2. The standard InChI is InChI=1S/C27H32Cl2N4O4/c1-17(2)23-24(34)33(16-18-4-7-20(8-5-18)25(35)37-3)27(31-23)10-12-32(13-11-27)26(36)30-15-19-6-9-21(28)22(29)14-19/h4-9,14,17,23,31H,10-13,15-16H2,1-3H3,(H,30,36). The molecule has 2 heterocycles. The first kappa shape index (κ1) is 27.2. The van der Waals surface area contributed by atoms with Gasteiger partial charge in [0.2, 0.25) is 5.91 Å². The number of nitrogens with zero attached hydrogens (tertiary/aromatic N) is 2. The quantitative estimate of drug-likeness (QED) is 0.522. The van der Waals surface area contributed by atoms with Gasteiger partial charge in [0.1, 0.15) is 0 Å². The summed E-state index contributed by atoms with van der Waals surface area (Å²) in [5.41, 5.74) is 1.72. The van der Waals surface area contributed by atoms with Crippen molar-refractivity contribution in [3.8, 4) is 0 Å². The fourth-order valence-electron chi connectivity index (χ4n) is 4.97. The summed E-state index contributed by atoms with van der Waals surface area (Å²) in [6.07, 6.45) is 1.23. The van der Waals surface area contributed by atoms with Crippen LogP contribution in [0.4, 0.5) is 4.79 Å². The average Bonchev–Trinajstić information content (AvgIpc) is 3.16. The Balaban J connectivity index is 1.42. The van der Waals surface area contributed by atoms with E-state index in [0.29, 0.717) is 54.6 Å². The molecule has 0 aromatic heterocycles. The van der Waals surface area contributed by atoms with E-state index in [9.17, 15) is 14.4 Å². The number of ether oxygens (including phenoxy) is 1. The van der Waals surface area contributed by atoms with Crippen molar-refractivity contribution in [1.29, 1.82) is 0 Å². The van der Waals surface area contributed by atoms with Gasteiger partial charge >= 0.3 is 12.0 Å². The molecule has 2 aliphatic heterocycles. The Morgan fingerprint density at radius 2 is 1.73 bits per heavy atom. The Labute approximate surface area is 227 Å². The minimum atomic E-state index is -0.534. The van der Waals surface area contributed by atoms with Crippen molar-refractivity contribution in [2.24, 2.45) is 5.92 Å². The molecule has 1 unspecified atom stereocenters. The molecule has 2 aromatic rings. The molecule has 2 fully saturated rings. The molecule has 0 aliphatic carbocycles. The number of halogens is 2. The largest absolute Gasteiger partial charge is 0.465 e. The second-order valence-corrected chi connectivity index (χ2v) is 10.7. The smallest absolute Gasteiger partial charge is 0.337 e. The van der Waals surface area contributed by atoms with Crippen LogP contribution in [0.1, 0.15) is 48.2 Å². The van der Waals surface area contributed by atoms with Gasteiger partial charge < -0.3 is 19.9 Å². The van der Waals surface area contributed by atoms with Crippen molar-refractivity contribution < 1.29 is 19.1 Å². The van der Waals surface area contributed by atoms with E-state index in [1.54, 1.807) is 29.2 Å². The van der Waals surface area contributed by atoms with E-state index in [0.717, 1.165) is 11.1 Å². The van der Waals surface area contributed by atoms with Crippen molar-refractivity contribution in [3.63, 3.8) is 0 Å². The van der Waals surface area contributed by atoms with Crippen LogP contribution in [0.25, 0.3) is 0 Å². The number of amides is 3. The van der Waals surface area contributed by atoms with E-state index in [4.69, 9.17) is 27.9 Å². The molecule has 3 amide bonds. The number of likely N-dealkylation sites (tertiary alicyclic amines) is 1. The number of carbonyl (C=O) groups excluding carboxylic acids is 3. The minimum absolute atomic E-state index is 0.0598. The van der Waals surface area contributed by atoms with Crippen molar-refractivity contribution in [1.82, 2.24) is 20.4 Å². The topological polar surface area (TPSA) is 91.0 Å². The first-order valence-corrected chi connectivity index (χ1v) is 13.1. The molecule has 1 atom stereocenters. The second-order valence-electron chi connectivity index (χ2n) is 9.90. The SMILES string of the molecule is COC(=O)c1ccc(CN2C(=O)C(C(C)C)NC23CCN(C(=O)NCc2ccc(Cl)c(Cl)c2)CC3)cc1. The number of methoxy groups -OCH3 is 1. The van der Waals surface area contributed by atoms with Crippen LogP contribution in [-0.2, 0) is 22.6 Å². The van der Waals surface area contributed by atoms with Crippen molar-refractivity contribution in [2.75, 3.05) is 20.2 Å². The maximum absolute atomic E-state index is 13.4. The number of hydrogen-bond donors (Lipinski definition) is 2. The average molecular weight is 547 g/mol. The monoisotopic (exact) mass is 546 g/mol. The minimum Gasteiger partial charge on any atom is -0.465 e. The van der Waals surface area contributed by atoms with Gasteiger partial charge in [-0.05, 0) is 41.3 Å². The lowest BCUT2D eigenvalue weighted by atomic mass is 9.95. The molecule has 2 N–H and O–H groups in total. The summed E-state index contributed by atoms with van der Waals surface area (Å²) in [4.78, 5) is 41.8. The van der Waals surface area contributed by atoms with Crippen LogP contribution in [0.15, 0.2) is 42.5 Å². The highest BCUT2D eigenvalue weighted by Crippen LogP contribution is 2.35. The second kappa shape index (κ2) is 11.3. The summed E-state index contributed by atoms with van der Waals surface area (Å²) in [6, 6.07) is 12.0. The summed E-state index contributed by atoms with van der Waals surface area (Å²) in [5.74, 6) is -0.209. The maximum atomic E-state index is 13.4. The van der Waals surface area contributed by atoms with Gasteiger partial charge in [-0.1, -0.05) is 55.2 Å². The van der Waals surface area contributed by atoms with Crippen molar-refractivity contribution in [2.45, 2.75) is 51.5 Å². The van der Waals surface area contributed by atoms with Gasteiger partial charge in [0, 0.05) is 39.0 Å². The summed E-state index contributed by atoms with van der Waals surface area (Å²) in [5, 5.41) is 7.48. The molecule has 4 rings (SSSR count). The number of esters is 1. The predicted octanol–water partition coefficient (Wildman–Crippen LogP) is 4.44. The third kappa shape index (κ3) is 5.87. The lowest BCUT2D eigenvalue weighted by Crippen LogP contribution is -2.60. The van der Waals surface area contributed by atoms with Gasteiger partial charge in [0.25, 0.3) is 0 Å². The van der Waals surface area contributed by atoms with E-state index in [2.05, 4.69) is 10.6 Å². The molecule has 0 bridgehead atoms. The number of nitrogens with one attached hydrogen (secondary N) is 2. The Morgan fingerprint density at radius 1 is 1.08 bits per heavy atom. The van der Waals surface area contributed by atoms with Crippen LogP contribution in [0, 0.1) is 5.92 Å². The van der Waals surface area contributed by atoms with Crippen molar-refractivity contribution in [3.05, 3.63) is 69.2 Å². The van der Waals surface area contributed by atoms with Crippen molar-refractivity contribution >= 4 is 41.1 Å². The summed E-state index contributed by atoms with van der Waals surface area (Å²) >= 11 is 12.1. The van der Waals surface area contributed by atoms with Crippen LogP contribution in [0.5, 0.6) is 0 Å².